The number of carbonyl (C=O) groups excluding carboxylic acids is 4. The van der Waals surface area contributed by atoms with Gasteiger partial charge in [0.2, 0.25) is 11.8 Å². The van der Waals surface area contributed by atoms with Gasteiger partial charge < -0.3 is 10.4 Å². The van der Waals surface area contributed by atoms with Gasteiger partial charge in [0.1, 0.15) is 22.7 Å². The maximum absolute atomic E-state index is 12.9. The molecule has 2 aliphatic heterocycles. The van der Waals surface area contributed by atoms with Crippen molar-refractivity contribution in [3.63, 3.8) is 0 Å². The molecule has 4 amide bonds. The minimum absolute atomic E-state index is 0.0422. The first-order valence-corrected chi connectivity index (χ1v) is 10.8. The molecule has 10 heteroatoms. The van der Waals surface area contributed by atoms with Crippen molar-refractivity contribution >= 4 is 63.7 Å². The zero-order chi connectivity index (χ0) is 22.8. The summed E-state index contributed by atoms with van der Waals surface area (Å²) < 4.78 is 0.193. The van der Waals surface area contributed by atoms with Crippen molar-refractivity contribution < 1.29 is 24.3 Å². The minimum Gasteiger partial charge on any atom is -0.508 e. The van der Waals surface area contributed by atoms with E-state index in [-0.39, 0.29) is 16.5 Å². The van der Waals surface area contributed by atoms with Gasteiger partial charge in [-0.3, -0.25) is 29.0 Å². The van der Waals surface area contributed by atoms with Crippen molar-refractivity contribution in [3.8, 4) is 5.75 Å². The summed E-state index contributed by atoms with van der Waals surface area (Å²) in [5, 5.41) is 11.9. The highest BCUT2D eigenvalue weighted by molar-refractivity contribution is 8.26. The summed E-state index contributed by atoms with van der Waals surface area (Å²) in [6.07, 6.45) is 1.44. The predicted molar refractivity (Wildman–Crippen MR) is 123 cm³/mol. The van der Waals surface area contributed by atoms with E-state index in [1.807, 2.05) is 30.3 Å². The number of amides is 4. The molecule has 2 N–H and O–H groups in total. The summed E-state index contributed by atoms with van der Waals surface area (Å²) in [7, 11) is 0. The molecule has 0 radical (unpaired) electrons. The maximum Gasteiger partial charge on any atom is 0.266 e. The summed E-state index contributed by atoms with van der Waals surface area (Å²) in [5.41, 5.74) is 1.22. The first-order valence-electron chi connectivity index (χ1n) is 9.58. The van der Waals surface area contributed by atoms with E-state index in [1.54, 1.807) is 6.08 Å². The number of nitrogens with one attached hydrogen (secondary N) is 1. The highest BCUT2D eigenvalue weighted by Gasteiger charge is 2.48. The third-order valence-electron chi connectivity index (χ3n) is 4.91. The van der Waals surface area contributed by atoms with E-state index in [2.05, 4.69) is 5.32 Å². The zero-order valence-corrected chi connectivity index (χ0v) is 18.2. The molecule has 2 aromatic rings. The molecule has 32 heavy (non-hydrogen) atoms. The largest absolute Gasteiger partial charge is 0.508 e. The molecule has 8 nitrogen and oxygen atoms in total. The quantitative estimate of drug-likeness (QED) is 0.301. The van der Waals surface area contributed by atoms with Gasteiger partial charge >= 0.3 is 0 Å². The number of imide groups is 1. The van der Waals surface area contributed by atoms with Gasteiger partial charge in [-0.1, -0.05) is 54.3 Å². The summed E-state index contributed by atoms with van der Waals surface area (Å²) in [5.74, 6) is -2.17. The van der Waals surface area contributed by atoms with E-state index < -0.39 is 36.2 Å². The lowest BCUT2D eigenvalue weighted by Gasteiger charge is -2.21. The molecule has 2 aliphatic rings. The Hall–Kier alpha value is -3.50. The molecular formula is C22H17N3O5S2. The number of benzene rings is 2. The number of nitrogens with zero attached hydrogens (tertiary/aromatic N) is 2. The molecule has 0 aromatic heterocycles. The Balaban J connectivity index is 1.45. The van der Waals surface area contributed by atoms with Gasteiger partial charge in [0.15, 0.2) is 0 Å². The number of likely N-dealkylation sites (tertiary alicyclic amines) is 1. The van der Waals surface area contributed by atoms with Crippen LogP contribution in [0.1, 0.15) is 12.0 Å². The zero-order valence-electron chi connectivity index (χ0n) is 16.6. The summed E-state index contributed by atoms with van der Waals surface area (Å²) in [6, 6.07) is 13.9. The molecule has 0 bridgehead atoms. The Bertz CT molecular complexity index is 1150. The second-order valence-electron chi connectivity index (χ2n) is 7.10. The molecule has 162 valence electrons. The first-order chi connectivity index (χ1) is 15.3. The van der Waals surface area contributed by atoms with Crippen LogP contribution in [-0.2, 0) is 19.2 Å². The van der Waals surface area contributed by atoms with Gasteiger partial charge in [0.05, 0.1) is 11.3 Å². The second kappa shape index (κ2) is 8.93. The number of aromatic hydroxyl groups is 1. The number of anilines is 1. The second-order valence-corrected chi connectivity index (χ2v) is 8.77. The van der Waals surface area contributed by atoms with E-state index in [0.29, 0.717) is 10.6 Å². The van der Waals surface area contributed by atoms with E-state index in [1.165, 1.54) is 24.3 Å². The van der Waals surface area contributed by atoms with Crippen LogP contribution >= 0.6 is 24.0 Å². The van der Waals surface area contributed by atoms with Crippen molar-refractivity contribution in [1.82, 2.24) is 9.80 Å². The molecule has 4 rings (SSSR count). The number of rotatable bonds is 5. The van der Waals surface area contributed by atoms with Crippen molar-refractivity contribution in [2.45, 2.75) is 12.5 Å². The van der Waals surface area contributed by atoms with Crippen molar-refractivity contribution in [3.05, 3.63) is 65.1 Å². The Labute approximate surface area is 192 Å². The van der Waals surface area contributed by atoms with Gasteiger partial charge in [-0.2, -0.15) is 0 Å². The molecular weight excluding hydrogens is 450 g/mol. The fraction of sp³-hybridized carbons (Fsp3) is 0.136. The highest BCUT2D eigenvalue weighted by Crippen LogP contribution is 2.36. The van der Waals surface area contributed by atoms with Gasteiger partial charge in [-0.05, 0) is 35.9 Å². The van der Waals surface area contributed by atoms with Crippen LogP contribution in [0.15, 0.2) is 59.5 Å². The van der Waals surface area contributed by atoms with Crippen LogP contribution in [0.2, 0.25) is 0 Å². The lowest BCUT2D eigenvalue weighted by Crippen LogP contribution is -2.45. The highest BCUT2D eigenvalue weighted by atomic mass is 32.2. The smallest absolute Gasteiger partial charge is 0.266 e. The Morgan fingerprint density at radius 3 is 2.50 bits per heavy atom. The van der Waals surface area contributed by atoms with E-state index in [9.17, 15) is 24.3 Å². The summed E-state index contributed by atoms with van der Waals surface area (Å²) in [6.45, 7) is -0.482. The van der Waals surface area contributed by atoms with Crippen LogP contribution in [0, 0.1) is 0 Å². The number of carbonyl (C=O) groups is 4. The average molecular weight is 468 g/mol. The summed E-state index contributed by atoms with van der Waals surface area (Å²) >= 11 is 6.38. The van der Waals surface area contributed by atoms with Gasteiger partial charge in [-0.25, -0.2) is 0 Å². The van der Waals surface area contributed by atoms with Crippen LogP contribution in [0.25, 0.3) is 6.08 Å². The fourth-order valence-corrected chi connectivity index (χ4v) is 4.73. The van der Waals surface area contributed by atoms with Crippen LogP contribution in [0.4, 0.5) is 5.69 Å². The first kappa shape index (κ1) is 21.7. The van der Waals surface area contributed by atoms with E-state index in [0.717, 1.165) is 27.1 Å². The van der Waals surface area contributed by atoms with Crippen LogP contribution < -0.4 is 5.32 Å². The third-order valence-corrected chi connectivity index (χ3v) is 6.24. The third kappa shape index (κ3) is 4.41. The lowest BCUT2D eigenvalue weighted by molar-refractivity contribution is -0.143. The number of thiocarbonyl (C=S) groups is 1. The number of hydrogen-bond donors (Lipinski definition) is 2. The number of phenols is 1. The Morgan fingerprint density at radius 1 is 1.12 bits per heavy atom. The van der Waals surface area contributed by atoms with Crippen LogP contribution in [-0.4, -0.2) is 55.4 Å². The molecule has 0 spiro atoms. The number of phenolic OH excluding ortho intramolecular Hbond substituents is 1. The van der Waals surface area contributed by atoms with Gasteiger partial charge in [0.25, 0.3) is 11.8 Å². The molecule has 1 unspecified atom stereocenters. The molecule has 2 fully saturated rings. The fourth-order valence-electron chi connectivity index (χ4n) is 3.37. The Kier molecular flexibility index (Phi) is 6.06. The standard InChI is InChI=1S/C22H17N3O5S2/c26-15-8-6-14(7-9-15)23-18(27)12-24-19(28)11-16(20(24)29)25-21(30)17(32-22(25)31)10-13-4-2-1-3-5-13/h1-10,16,26H,11-12H2,(H,23,27). The van der Waals surface area contributed by atoms with Crippen molar-refractivity contribution in [2.24, 2.45) is 0 Å². The summed E-state index contributed by atoms with van der Waals surface area (Å²) in [4.78, 5) is 53.0. The van der Waals surface area contributed by atoms with Crippen LogP contribution in [0.3, 0.4) is 0 Å². The molecule has 0 saturated carbocycles. The molecule has 2 aromatic carbocycles. The monoisotopic (exact) mass is 467 g/mol. The molecule has 0 aliphatic carbocycles. The molecule has 1 atom stereocenters. The number of hydrogen-bond acceptors (Lipinski definition) is 7. The molecule has 2 heterocycles. The molecule has 2 saturated heterocycles. The van der Waals surface area contributed by atoms with Crippen molar-refractivity contribution in [2.75, 3.05) is 11.9 Å². The van der Waals surface area contributed by atoms with Crippen molar-refractivity contribution in [1.29, 1.82) is 0 Å². The topological polar surface area (TPSA) is 107 Å². The maximum atomic E-state index is 12.9. The normalized spacial score (nSPS) is 19.9. The van der Waals surface area contributed by atoms with Gasteiger partial charge in [0, 0.05) is 5.69 Å². The SMILES string of the molecule is O=C(CN1C(=O)CC(N2C(=O)C(=Cc3ccccc3)SC2=S)C1=O)Nc1ccc(O)cc1. The minimum atomic E-state index is -1.07. The number of thioether (sulfide) groups is 1. The predicted octanol–water partition coefficient (Wildman–Crippen LogP) is 2.36. The van der Waals surface area contributed by atoms with E-state index >= 15 is 0 Å². The van der Waals surface area contributed by atoms with E-state index in [4.69, 9.17) is 12.2 Å². The average Bonchev–Trinajstić information content (AvgIpc) is 3.19. The lowest BCUT2D eigenvalue weighted by atomic mass is 10.2. The Morgan fingerprint density at radius 2 is 1.81 bits per heavy atom. The van der Waals surface area contributed by atoms with Gasteiger partial charge in [-0.15, -0.1) is 0 Å². The van der Waals surface area contributed by atoms with Crippen LogP contribution in [0.5, 0.6) is 5.75 Å².